The van der Waals surface area contributed by atoms with E-state index in [2.05, 4.69) is 0 Å². The molecule has 0 radical (unpaired) electrons. The molecule has 0 aromatic heterocycles. The van der Waals surface area contributed by atoms with Gasteiger partial charge in [0.25, 0.3) is 0 Å². The van der Waals surface area contributed by atoms with E-state index in [1.807, 2.05) is 61.6 Å². The third-order valence-corrected chi connectivity index (χ3v) is 2.90. The zero-order valence-corrected chi connectivity index (χ0v) is 11.4. The van der Waals surface area contributed by atoms with Crippen molar-refractivity contribution in [2.24, 2.45) is 0 Å². The largest absolute Gasteiger partial charge is 0.497 e. The van der Waals surface area contributed by atoms with E-state index < -0.39 is 0 Å². The highest BCUT2D eigenvalue weighted by atomic mass is 16.5. The minimum atomic E-state index is 0.669. The second-order valence-corrected chi connectivity index (χ2v) is 4.59. The number of ether oxygens (including phenoxy) is 1. The number of benzene rings is 2. The summed E-state index contributed by atoms with van der Waals surface area (Å²) in [6.45, 7) is 0. The minimum Gasteiger partial charge on any atom is -0.497 e. The van der Waals surface area contributed by atoms with Crippen LogP contribution >= 0.6 is 0 Å². The molecular formula is C16H17NO2. The summed E-state index contributed by atoms with van der Waals surface area (Å²) in [7, 11) is 5.45. The Morgan fingerprint density at radius 1 is 1.11 bits per heavy atom. The Balaban J connectivity index is 2.49. The van der Waals surface area contributed by atoms with Crippen molar-refractivity contribution in [3.8, 4) is 5.75 Å². The van der Waals surface area contributed by atoms with E-state index in [4.69, 9.17) is 4.74 Å². The number of nitrogens with zero attached hydrogens (tertiary/aromatic N) is 1. The fourth-order valence-electron chi connectivity index (χ4n) is 1.98. The van der Waals surface area contributed by atoms with Crippen LogP contribution < -0.4 is 4.74 Å². The molecule has 98 valence electrons. The van der Waals surface area contributed by atoms with Crippen LogP contribution in [0.15, 0.2) is 42.6 Å². The number of hydrogen-bond donors (Lipinski definition) is 0. The molecule has 0 amide bonds. The Kier molecular flexibility index (Phi) is 3.85. The second-order valence-electron chi connectivity index (χ2n) is 4.59. The maximum absolute atomic E-state index is 11.2. The molecule has 0 fully saturated rings. The lowest BCUT2D eigenvalue weighted by atomic mass is 10.0. The molecule has 0 N–H and O–H groups in total. The van der Waals surface area contributed by atoms with Crippen molar-refractivity contribution in [3.05, 3.63) is 48.2 Å². The lowest BCUT2D eigenvalue weighted by Gasteiger charge is -2.09. The molecular weight excluding hydrogens is 238 g/mol. The van der Waals surface area contributed by atoms with Gasteiger partial charge in [0, 0.05) is 25.9 Å². The van der Waals surface area contributed by atoms with Gasteiger partial charge in [0.15, 0.2) is 6.29 Å². The SMILES string of the molecule is COc1ccc2cc(/C(C=O)=C/N(C)C)ccc2c1. The Labute approximate surface area is 113 Å². The summed E-state index contributed by atoms with van der Waals surface area (Å²) < 4.78 is 5.20. The molecule has 0 aliphatic carbocycles. The van der Waals surface area contributed by atoms with Crippen LogP contribution in [0.3, 0.4) is 0 Å². The van der Waals surface area contributed by atoms with Gasteiger partial charge in [0.05, 0.1) is 7.11 Å². The van der Waals surface area contributed by atoms with Gasteiger partial charge >= 0.3 is 0 Å². The van der Waals surface area contributed by atoms with E-state index >= 15 is 0 Å². The van der Waals surface area contributed by atoms with Gasteiger partial charge in [-0.15, -0.1) is 0 Å². The van der Waals surface area contributed by atoms with Gasteiger partial charge in [0.1, 0.15) is 5.75 Å². The number of rotatable bonds is 4. The van der Waals surface area contributed by atoms with Crippen LogP contribution in [-0.2, 0) is 4.79 Å². The summed E-state index contributed by atoms with van der Waals surface area (Å²) >= 11 is 0. The zero-order valence-electron chi connectivity index (χ0n) is 11.4. The summed E-state index contributed by atoms with van der Waals surface area (Å²) in [5.41, 5.74) is 1.59. The van der Waals surface area contributed by atoms with Gasteiger partial charge in [-0.2, -0.15) is 0 Å². The van der Waals surface area contributed by atoms with Crippen LogP contribution in [0.1, 0.15) is 5.56 Å². The van der Waals surface area contributed by atoms with E-state index in [0.29, 0.717) is 5.57 Å². The molecule has 19 heavy (non-hydrogen) atoms. The molecule has 0 saturated heterocycles. The number of carbonyl (C=O) groups is 1. The van der Waals surface area contributed by atoms with Gasteiger partial charge < -0.3 is 9.64 Å². The van der Waals surface area contributed by atoms with Crippen molar-refractivity contribution < 1.29 is 9.53 Å². The first-order valence-corrected chi connectivity index (χ1v) is 6.05. The summed E-state index contributed by atoms with van der Waals surface area (Å²) in [6.07, 6.45) is 2.70. The monoisotopic (exact) mass is 255 g/mol. The number of carbonyl (C=O) groups excluding carboxylic acids is 1. The lowest BCUT2D eigenvalue weighted by molar-refractivity contribution is -0.103. The number of fused-ring (bicyclic) bond motifs is 1. The van der Waals surface area contributed by atoms with E-state index in [-0.39, 0.29) is 0 Å². The Hall–Kier alpha value is -2.29. The molecule has 3 nitrogen and oxygen atoms in total. The van der Waals surface area contributed by atoms with Crippen molar-refractivity contribution in [3.63, 3.8) is 0 Å². The van der Waals surface area contributed by atoms with Crippen LogP contribution in [0.2, 0.25) is 0 Å². The van der Waals surface area contributed by atoms with Gasteiger partial charge in [-0.05, 0) is 34.5 Å². The smallest absolute Gasteiger partial charge is 0.152 e. The van der Waals surface area contributed by atoms with Crippen molar-refractivity contribution in [1.82, 2.24) is 4.90 Å². The summed E-state index contributed by atoms with van der Waals surface area (Å²) in [4.78, 5) is 13.0. The molecule has 2 aromatic carbocycles. The highest BCUT2D eigenvalue weighted by Gasteiger charge is 2.03. The number of methoxy groups -OCH3 is 1. The van der Waals surface area contributed by atoms with Crippen LogP contribution in [0.4, 0.5) is 0 Å². The predicted molar refractivity (Wildman–Crippen MR) is 78.2 cm³/mol. The maximum Gasteiger partial charge on any atom is 0.152 e. The zero-order chi connectivity index (χ0) is 13.8. The Bertz CT molecular complexity index is 630. The molecule has 3 heteroatoms. The second kappa shape index (κ2) is 5.57. The van der Waals surface area contributed by atoms with E-state index in [1.54, 1.807) is 7.11 Å². The van der Waals surface area contributed by atoms with Gasteiger partial charge in [0.2, 0.25) is 0 Å². The van der Waals surface area contributed by atoms with Crippen LogP contribution in [-0.4, -0.2) is 32.4 Å². The van der Waals surface area contributed by atoms with Crippen LogP contribution in [0, 0.1) is 0 Å². The average Bonchev–Trinajstić information content (AvgIpc) is 2.43. The van der Waals surface area contributed by atoms with E-state index in [0.717, 1.165) is 28.4 Å². The third-order valence-electron chi connectivity index (χ3n) is 2.90. The number of allylic oxidation sites excluding steroid dienone is 1. The average molecular weight is 255 g/mol. The molecule has 0 saturated carbocycles. The highest BCUT2D eigenvalue weighted by Crippen LogP contribution is 2.24. The molecule has 0 aliphatic rings. The number of aldehydes is 1. The summed E-state index contributed by atoms with van der Waals surface area (Å²) in [6, 6.07) is 11.9. The third kappa shape index (κ3) is 2.94. The first-order chi connectivity index (χ1) is 9.13. The molecule has 0 atom stereocenters. The van der Waals surface area contributed by atoms with Crippen LogP contribution in [0.5, 0.6) is 5.75 Å². The molecule has 0 bridgehead atoms. The van der Waals surface area contributed by atoms with Gasteiger partial charge in [-0.3, -0.25) is 4.79 Å². The Morgan fingerprint density at radius 2 is 1.79 bits per heavy atom. The minimum absolute atomic E-state index is 0.669. The normalized spacial score (nSPS) is 11.4. The topological polar surface area (TPSA) is 29.5 Å². The number of hydrogen-bond acceptors (Lipinski definition) is 3. The fourth-order valence-corrected chi connectivity index (χ4v) is 1.98. The fraction of sp³-hybridized carbons (Fsp3) is 0.188. The summed E-state index contributed by atoms with van der Waals surface area (Å²) in [5, 5.41) is 2.18. The molecule has 0 unspecified atom stereocenters. The van der Waals surface area contributed by atoms with Crippen LogP contribution in [0.25, 0.3) is 16.3 Å². The van der Waals surface area contributed by atoms with Gasteiger partial charge in [-0.1, -0.05) is 18.2 Å². The van der Waals surface area contributed by atoms with E-state index in [9.17, 15) is 4.79 Å². The van der Waals surface area contributed by atoms with Crippen molar-refractivity contribution in [1.29, 1.82) is 0 Å². The summed E-state index contributed by atoms with van der Waals surface area (Å²) in [5.74, 6) is 0.833. The predicted octanol–water partition coefficient (Wildman–Crippen LogP) is 2.95. The maximum atomic E-state index is 11.2. The molecule has 0 aliphatic heterocycles. The standard InChI is InChI=1S/C16H17NO2/c1-17(2)10-15(11-18)13-4-5-14-9-16(19-3)7-6-12(14)8-13/h4-11H,1-3H3/b15-10+. The van der Waals surface area contributed by atoms with Gasteiger partial charge in [-0.25, -0.2) is 0 Å². The van der Waals surface area contributed by atoms with Crippen molar-refractivity contribution >= 4 is 22.6 Å². The first-order valence-electron chi connectivity index (χ1n) is 6.05. The lowest BCUT2D eigenvalue weighted by Crippen LogP contribution is -2.03. The molecule has 0 heterocycles. The molecule has 2 aromatic rings. The first kappa shape index (κ1) is 13.1. The molecule has 0 spiro atoms. The Morgan fingerprint density at radius 3 is 2.42 bits per heavy atom. The quantitative estimate of drug-likeness (QED) is 0.621. The van der Waals surface area contributed by atoms with Crippen molar-refractivity contribution in [2.45, 2.75) is 0 Å². The highest BCUT2D eigenvalue weighted by molar-refractivity contribution is 6.08. The van der Waals surface area contributed by atoms with Crippen molar-refractivity contribution in [2.75, 3.05) is 21.2 Å². The molecule has 2 rings (SSSR count). The van der Waals surface area contributed by atoms with E-state index in [1.165, 1.54) is 0 Å².